The minimum Gasteiger partial charge on any atom is -0.355 e. The first-order valence-corrected chi connectivity index (χ1v) is 6.56. The van der Waals surface area contributed by atoms with Gasteiger partial charge < -0.3 is 10.2 Å². The van der Waals surface area contributed by atoms with E-state index in [1.54, 1.807) is 12.4 Å². The molecule has 1 aromatic rings. The summed E-state index contributed by atoms with van der Waals surface area (Å²) in [6.45, 7) is 4.16. The Labute approximate surface area is 113 Å². The van der Waals surface area contributed by atoms with Gasteiger partial charge in [-0.3, -0.25) is 4.79 Å². The molecule has 0 aliphatic carbocycles. The Hall–Kier alpha value is -2.09. The summed E-state index contributed by atoms with van der Waals surface area (Å²) in [4.78, 5) is 21.5. The maximum atomic E-state index is 10.7. The minimum atomic E-state index is -0.0277. The number of hydrogen-bond acceptors (Lipinski definition) is 4. The molecule has 19 heavy (non-hydrogen) atoms. The van der Waals surface area contributed by atoms with Gasteiger partial charge in [0.15, 0.2) is 0 Å². The van der Waals surface area contributed by atoms with Crippen molar-refractivity contribution in [1.82, 2.24) is 15.3 Å². The van der Waals surface area contributed by atoms with Crippen LogP contribution in [0, 0.1) is 11.8 Å². The standard InChI is InChI=1S/C14H18N4O/c1-12(19)15-7-3-2-6-13-10-16-14(17-11-13)18-8-4-5-9-18/h10-11H,3-5,7-9H2,1H3,(H,15,19). The van der Waals surface area contributed by atoms with Gasteiger partial charge in [0.25, 0.3) is 0 Å². The monoisotopic (exact) mass is 258 g/mol. The highest BCUT2D eigenvalue weighted by molar-refractivity contribution is 5.72. The van der Waals surface area contributed by atoms with Crippen LogP contribution in [0.2, 0.25) is 0 Å². The fourth-order valence-corrected chi connectivity index (χ4v) is 1.93. The van der Waals surface area contributed by atoms with E-state index < -0.39 is 0 Å². The molecular formula is C14H18N4O. The number of carbonyl (C=O) groups excluding carboxylic acids is 1. The number of carbonyl (C=O) groups is 1. The number of rotatable bonds is 3. The maximum absolute atomic E-state index is 10.7. The third-order valence-corrected chi connectivity index (χ3v) is 2.88. The van der Waals surface area contributed by atoms with Gasteiger partial charge in [-0.15, -0.1) is 0 Å². The van der Waals surface area contributed by atoms with Crippen molar-refractivity contribution in [2.75, 3.05) is 24.5 Å². The number of amides is 1. The van der Waals surface area contributed by atoms with Crippen molar-refractivity contribution in [2.45, 2.75) is 26.2 Å². The van der Waals surface area contributed by atoms with E-state index in [0.717, 1.165) is 24.6 Å². The van der Waals surface area contributed by atoms with Crippen LogP contribution in [-0.2, 0) is 4.79 Å². The van der Waals surface area contributed by atoms with E-state index in [0.29, 0.717) is 13.0 Å². The molecule has 0 unspecified atom stereocenters. The van der Waals surface area contributed by atoms with Crippen LogP contribution in [0.4, 0.5) is 5.95 Å². The number of hydrogen-bond donors (Lipinski definition) is 1. The molecule has 1 amide bonds. The summed E-state index contributed by atoms with van der Waals surface area (Å²) in [7, 11) is 0. The molecule has 1 saturated heterocycles. The van der Waals surface area contributed by atoms with Gasteiger partial charge in [-0.05, 0) is 12.8 Å². The summed E-state index contributed by atoms with van der Waals surface area (Å²) in [6.07, 6.45) is 6.58. The minimum absolute atomic E-state index is 0.0277. The Kier molecular flexibility index (Phi) is 4.73. The molecule has 1 N–H and O–H groups in total. The summed E-state index contributed by atoms with van der Waals surface area (Å²) >= 11 is 0. The largest absolute Gasteiger partial charge is 0.355 e. The van der Waals surface area contributed by atoms with E-state index in [9.17, 15) is 4.79 Å². The highest BCUT2D eigenvalue weighted by atomic mass is 16.1. The summed E-state index contributed by atoms with van der Waals surface area (Å²) in [6, 6.07) is 0. The molecule has 0 bridgehead atoms. The molecule has 100 valence electrons. The summed E-state index contributed by atoms with van der Waals surface area (Å²) in [5.74, 6) is 6.74. The number of nitrogens with one attached hydrogen (secondary N) is 1. The summed E-state index contributed by atoms with van der Waals surface area (Å²) in [5, 5.41) is 2.70. The fraction of sp³-hybridized carbons (Fsp3) is 0.500. The van der Waals surface area contributed by atoms with Gasteiger partial charge in [-0.1, -0.05) is 11.8 Å². The van der Waals surface area contributed by atoms with Crippen molar-refractivity contribution in [2.24, 2.45) is 0 Å². The van der Waals surface area contributed by atoms with Gasteiger partial charge in [0.05, 0.1) is 5.56 Å². The van der Waals surface area contributed by atoms with Crippen LogP contribution < -0.4 is 10.2 Å². The van der Waals surface area contributed by atoms with Gasteiger partial charge >= 0.3 is 0 Å². The highest BCUT2D eigenvalue weighted by Gasteiger charge is 2.13. The molecule has 1 aliphatic heterocycles. The Morgan fingerprint density at radius 1 is 1.37 bits per heavy atom. The Morgan fingerprint density at radius 3 is 2.68 bits per heavy atom. The molecule has 5 nitrogen and oxygen atoms in total. The molecule has 0 atom stereocenters. The SMILES string of the molecule is CC(=O)NCCC#Cc1cnc(N2CCCC2)nc1. The molecule has 0 radical (unpaired) electrons. The highest BCUT2D eigenvalue weighted by Crippen LogP contribution is 2.14. The molecule has 5 heteroatoms. The first-order valence-electron chi connectivity index (χ1n) is 6.56. The second-order valence-corrected chi connectivity index (χ2v) is 4.50. The zero-order valence-electron chi connectivity index (χ0n) is 11.1. The van der Waals surface area contributed by atoms with E-state index in [1.165, 1.54) is 19.8 Å². The fourth-order valence-electron chi connectivity index (χ4n) is 1.93. The van der Waals surface area contributed by atoms with E-state index in [-0.39, 0.29) is 5.91 Å². The van der Waals surface area contributed by atoms with Gasteiger partial charge in [0.1, 0.15) is 0 Å². The molecular weight excluding hydrogens is 240 g/mol. The third kappa shape index (κ3) is 4.25. The Morgan fingerprint density at radius 2 is 2.05 bits per heavy atom. The van der Waals surface area contributed by atoms with Crippen LogP contribution in [0.5, 0.6) is 0 Å². The average molecular weight is 258 g/mol. The molecule has 2 heterocycles. The maximum Gasteiger partial charge on any atom is 0.225 e. The molecule has 0 saturated carbocycles. The van der Waals surface area contributed by atoms with Crippen LogP contribution in [-0.4, -0.2) is 35.5 Å². The Balaban J connectivity index is 1.84. The lowest BCUT2D eigenvalue weighted by Crippen LogP contribution is -2.20. The van der Waals surface area contributed by atoms with Crippen LogP contribution in [0.3, 0.4) is 0 Å². The number of aromatic nitrogens is 2. The lowest BCUT2D eigenvalue weighted by atomic mass is 10.3. The van der Waals surface area contributed by atoms with Crippen LogP contribution in [0.1, 0.15) is 31.7 Å². The van der Waals surface area contributed by atoms with Crippen molar-refractivity contribution in [1.29, 1.82) is 0 Å². The van der Waals surface area contributed by atoms with Crippen molar-refractivity contribution in [3.05, 3.63) is 18.0 Å². The zero-order chi connectivity index (χ0) is 13.5. The van der Waals surface area contributed by atoms with Crippen molar-refractivity contribution >= 4 is 11.9 Å². The molecule has 0 aromatic carbocycles. The normalized spacial score (nSPS) is 13.8. The topological polar surface area (TPSA) is 58.1 Å². The van der Waals surface area contributed by atoms with Crippen LogP contribution >= 0.6 is 0 Å². The predicted octanol–water partition coefficient (Wildman–Crippen LogP) is 0.954. The summed E-state index contributed by atoms with van der Waals surface area (Å²) in [5.41, 5.74) is 0.811. The third-order valence-electron chi connectivity index (χ3n) is 2.88. The molecule has 1 fully saturated rings. The average Bonchev–Trinajstić information content (AvgIpc) is 2.93. The zero-order valence-corrected chi connectivity index (χ0v) is 11.1. The number of nitrogens with zero attached hydrogens (tertiary/aromatic N) is 3. The van der Waals surface area contributed by atoms with E-state index in [1.807, 2.05) is 0 Å². The predicted molar refractivity (Wildman–Crippen MR) is 73.7 cm³/mol. The van der Waals surface area contributed by atoms with Gasteiger partial charge in [-0.25, -0.2) is 9.97 Å². The van der Waals surface area contributed by atoms with Crippen molar-refractivity contribution in [3.8, 4) is 11.8 Å². The smallest absolute Gasteiger partial charge is 0.225 e. The molecule has 1 aromatic heterocycles. The lowest BCUT2D eigenvalue weighted by molar-refractivity contribution is -0.118. The van der Waals surface area contributed by atoms with E-state index >= 15 is 0 Å². The molecule has 2 rings (SSSR count). The van der Waals surface area contributed by atoms with E-state index in [2.05, 4.69) is 32.0 Å². The first kappa shape index (κ1) is 13.3. The molecule has 0 spiro atoms. The van der Waals surface area contributed by atoms with E-state index in [4.69, 9.17) is 0 Å². The van der Waals surface area contributed by atoms with Gasteiger partial charge in [0.2, 0.25) is 11.9 Å². The van der Waals surface area contributed by atoms with Crippen LogP contribution in [0.15, 0.2) is 12.4 Å². The quantitative estimate of drug-likeness (QED) is 0.648. The van der Waals surface area contributed by atoms with Gasteiger partial charge in [-0.2, -0.15) is 0 Å². The molecule has 1 aliphatic rings. The Bertz CT molecular complexity index is 480. The van der Waals surface area contributed by atoms with Gasteiger partial charge in [0, 0.05) is 45.4 Å². The lowest BCUT2D eigenvalue weighted by Gasteiger charge is -2.13. The van der Waals surface area contributed by atoms with Crippen molar-refractivity contribution in [3.63, 3.8) is 0 Å². The second-order valence-electron chi connectivity index (χ2n) is 4.50. The number of anilines is 1. The second kappa shape index (κ2) is 6.74. The first-order chi connectivity index (χ1) is 9.25. The van der Waals surface area contributed by atoms with Crippen LogP contribution in [0.25, 0.3) is 0 Å². The summed E-state index contributed by atoms with van der Waals surface area (Å²) < 4.78 is 0. The van der Waals surface area contributed by atoms with Crippen molar-refractivity contribution < 1.29 is 4.79 Å².